The summed E-state index contributed by atoms with van der Waals surface area (Å²) < 4.78 is 5.19. The molecule has 0 spiro atoms. The Morgan fingerprint density at radius 2 is 1.94 bits per heavy atom. The number of benzene rings is 2. The Kier molecular flexibility index (Phi) is 4.27. The normalized spacial score (nSPS) is 9.78. The zero-order chi connectivity index (χ0) is 12.8. The summed E-state index contributed by atoms with van der Waals surface area (Å²) in [5, 5.41) is 8.72. The first-order valence-electron chi connectivity index (χ1n) is 5.58. The topological polar surface area (TPSA) is 33.0 Å². The van der Waals surface area contributed by atoms with Gasteiger partial charge in [0.1, 0.15) is 5.75 Å². The van der Waals surface area contributed by atoms with Crippen molar-refractivity contribution in [3.8, 4) is 11.8 Å². The highest BCUT2D eigenvalue weighted by Crippen LogP contribution is 2.26. The first-order chi connectivity index (χ1) is 8.81. The quantitative estimate of drug-likeness (QED) is 0.778. The summed E-state index contributed by atoms with van der Waals surface area (Å²) in [6, 6.07) is 17.8. The highest BCUT2D eigenvalue weighted by atomic mass is 32.2. The van der Waals surface area contributed by atoms with E-state index in [0.29, 0.717) is 5.56 Å². The van der Waals surface area contributed by atoms with Crippen LogP contribution >= 0.6 is 11.8 Å². The van der Waals surface area contributed by atoms with E-state index >= 15 is 0 Å². The van der Waals surface area contributed by atoms with E-state index in [-0.39, 0.29) is 0 Å². The lowest BCUT2D eigenvalue weighted by atomic mass is 10.2. The van der Waals surface area contributed by atoms with Gasteiger partial charge in [0.2, 0.25) is 0 Å². The van der Waals surface area contributed by atoms with Crippen molar-refractivity contribution in [2.75, 3.05) is 7.11 Å². The lowest BCUT2D eigenvalue weighted by molar-refractivity contribution is 0.413. The van der Waals surface area contributed by atoms with Gasteiger partial charge in [-0.2, -0.15) is 5.26 Å². The van der Waals surface area contributed by atoms with Crippen LogP contribution in [0.1, 0.15) is 11.1 Å². The minimum absolute atomic E-state index is 0.699. The van der Waals surface area contributed by atoms with Crippen molar-refractivity contribution in [3.05, 3.63) is 59.7 Å². The third-order valence-corrected chi connectivity index (χ3v) is 3.59. The van der Waals surface area contributed by atoms with Crippen molar-refractivity contribution in [2.24, 2.45) is 0 Å². The number of hydrogen-bond donors (Lipinski definition) is 0. The van der Waals surface area contributed by atoms with Crippen LogP contribution in [-0.2, 0) is 5.75 Å². The van der Waals surface area contributed by atoms with Crippen LogP contribution in [0, 0.1) is 11.3 Å². The van der Waals surface area contributed by atoms with E-state index in [1.165, 1.54) is 10.5 Å². The molecule has 0 saturated heterocycles. The van der Waals surface area contributed by atoms with Crippen molar-refractivity contribution in [2.45, 2.75) is 10.6 Å². The molecular formula is C15H13NOS. The Morgan fingerprint density at radius 1 is 1.17 bits per heavy atom. The first-order valence-corrected chi connectivity index (χ1v) is 6.56. The molecule has 0 fully saturated rings. The van der Waals surface area contributed by atoms with E-state index in [4.69, 9.17) is 10.00 Å². The third kappa shape index (κ3) is 3.28. The molecule has 0 N–H and O–H groups in total. The highest BCUT2D eigenvalue weighted by Gasteiger charge is 1.99. The molecule has 0 heterocycles. The van der Waals surface area contributed by atoms with Gasteiger partial charge in [0.05, 0.1) is 18.7 Å². The van der Waals surface area contributed by atoms with E-state index in [9.17, 15) is 0 Å². The number of hydrogen-bond acceptors (Lipinski definition) is 3. The fourth-order valence-electron chi connectivity index (χ4n) is 1.53. The molecule has 18 heavy (non-hydrogen) atoms. The molecule has 0 unspecified atom stereocenters. The monoisotopic (exact) mass is 255 g/mol. The standard InChI is InChI=1S/C15H13NOS/c1-17-14-3-2-4-15(9-14)18-11-13-7-5-12(10-16)6-8-13/h2-9H,11H2,1H3. The Hall–Kier alpha value is -1.92. The van der Waals surface area contributed by atoms with Crippen LogP contribution < -0.4 is 4.74 Å². The molecule has 0 bridgehead atoms. The van der Waals surface area contributed by atoms with Crippen molar-refractivity contribution >= 4 is 11.8 Å². The second-order valence-electron chi connectivity index (χ2n) is 3.78. The lowest BCUT2D eigenvalue weighted by Crippen LogP contribution is -1.84. The number of methoxy groups -OCH3 is 1. The van der Waals surface area contributed by atoms with Gasteiger partial charge in [-0.25, -0.2) is 0 Å². The summed E-state index contributed by atoms with van der Waals surface area (Å²) >= 11 is 1.75. The van der Waals surface area contributed by atoms with Crippen molar-refractivity contribution < 1.29 is 4.74 Å². The molecule has 0 aliphatic rings. The summed E-state index contributed by atoms with van der Waals surface area (Å²) in [6.45, 7) is 0. The van der Waals surface area contributed by atoms with Gasteiger partial charge >= 0.3 is 0 Å². The predicted molar refractivity (Wildman–Crippen MR) is 73.7 cm³/mol. The number of nitriles is 1. The maximum Gasteiger partial charge on any atom is 0.119 e. The van der Waals surface area contributed by atoms with E-state index in [1.807, 2.05) is 42.5 Å². The molecular weight excluding hydrogens is 242 g/mol. The van der Waals surface area contributed by atoms with Crippen LogP contribution in [0.15, 0.2) is 53.4 Å². The summed E-state index contributed by atoms with van der Waals surface area (Å²) in [6.07, 6.45) is 0. The summed E-state index contributed by atoms with van der Waals surface area (Å²) in [5.74, 6) is 1.76. The summed E-state index contributed by atoms with van der Waals surface area (Å²) in [5.41, 5.74) is 1.91. The molecule has 0 saturated carbocycles. The SMILES string of the molecule is COc1cccc(SCc2ccc(C#N)cc2)c1. The second kappa shape index (κ2) is 6.13. The van der Waals surface area contributed by atoms with E-state index in [2.05, 4.69) is 12.1 Å². The maximum atomic E-state index is 8.72. The molecule has 0 aliphatic carbocycles. The van der Waals surface area contributed by atoms with Gasteiger partial charge < -0.3 is 4.74 Å². The highest BCUT2D eigenvalue weighted by molar-refractivity contribution is 7.98. The smallest absolute Gasteiger partial charge is 0.119 e. The molecule has 2 aromatic rings. The van der Waals surface area contributed by atoms with E-state index < -0.39 is 0 Å². The number of ether oxygens (including phenoxy) is 1. The Balaban J connectivity index is 2.00. The number of thioether (sulfide) groups is 1. The van der Waals surface area contributed by atoms with Gasteiger partial charge in [-0.1, -0.05) is 18.2 Å². The fourth-order valence-corrected chi connectivity index (χ4v) is 2.43. The number of rotatable bonds is 4. The minimum Gasteiger partial charge on any atom is -0.497 e. The molecule has 0 atom stereocenters. The molecule has 0 aliphatic heterocycles. The van der Waals surface area contributed by atoms with Crippen LogP contribution in [0.3, 0.4) is 0 Å². The largest absolute Gasteiger partial charge is 0.497 e. The molecule has 2 rings (SSSR count). The Morgan fingerprint density at radius 3 is 2.61 bits per heavy atom. The average molecular weight is 255 g/mol. The zero-order valence-corrected chi connectivity index (χ0v) is 10.9. The van der Waals surface area contributed by atoms with Crippen molar-refractivity contribution in [1.82, 2.24) is 0 Å². The summed E-state index contributed by atoms with van der Waals surface area (Å²) in [4.78, 5) is 1.18. The van der Waals surface area contributed by atoms with Crippen LogP contribution in [0.25, 0.3) is 0 Å². The molecule has 0 amide bonds. The van der Waals surface area contributed by atoms with Crippen LogP contribution in [0.5, 0.6) is 5.75 Å². The molecule has 0 aromatic heterocycles. The fraction of sp³-hybridized carbons (Fsp3) is 0.133. The van der Waals surface area contributed by atoms with Crippen molar-refractivity contribution in [3.63, 3.8) is 0 Å². The molecule has 2 aromatic carbocycles. The van der Waals surface area contributed by atoms with Gasteiger partial charge in [-0.05, 0) is 35.9 Å². The molecule has 2 nitrogen and oxygen atoms in total. The predicted octanol–water partition coefficient (Wildman–Crippen LogP) is 3.86. The van der Waals surface area contributed by atoms with Gasteiger partial charge in [0, 0.05) is 10.6 Å². The summed E-state index contributed by atoms with van der Waals surface area (Å²) in [7, 11) is 1.67. The molecule has 0 radical (unpaired) electrons. The van der Waals surface area contributed by atoms with Crippen LogP contribution in [0.2, 0.25) is 0 Å². The molecule has 3 heteroatoms. The zero-order valence-electron chi connectivity index (χ0n) is 10.1. The Bertz CT molecular complexity index is 557. The van der Waals surface area contributed by atoms with Crippen LogP contribution in [-0.4, -0.2) is 7.11 Å². The minimum atomic E-state index is 0.699. The first kappa shape index (κ1) is 12.5. The van der Waals surface area contributed by atoms with Gasteiger partial charge in [-0.15, -0.1) is 11.8 Å². The second-order valence-corrected chi connectivity index (χ2v) is 4.83. The van der Waals surface area contributed by atoms with Crippen molar-refractivity contribution in [1.29, 1.82) is 5.26 Å². The van der Waals surface area contributed by atoms with Crippen LogP contribution in [0.4, 0.5) is 0 Å². The van der Waals surface area contributed by atoms with Gasteiger partial charge in [0.15, 0.2) is 0 Å². The third-order valence-electron chi connectivity index (χ3n) is 2.53. The average Bonchev–Trinajstić information content (AvgIpc) is 2.46. The number of nitrogens with zero attached hydrogens (tertiary/aromatic N) is 1. The van der Waals surface area contributed by atoms with Gasteiger partial charge in [-0.3, -0.25) is 0 Å². The van der Waals surface area contributed by atoms with Gasteiger partial charge in [0.25, 0.3) is 0 Å². The van der Waals surface area contributed by atoms with E-state index in [1.54, 1.807) is 18.9 Å². The Labute approximate surface area is 111 Å². The maximum absolute atomic E-state index is 8.72. The lowest BCUT2D eigenvalue weighted by Gasteiger charge is -2.04. The molecule has 90 valence electrons. The van der Waals surface area contributed by atoms with E-state index in [0.717, 1.165) is 11.5 Å².